The van der Waals surface area contributed by atoms with Gasteiger partial charge in [0.05, 0.1) is 25.2 Å². The summed E-state index contributed by atoms with van der Waals surface area (Å²) in [4.78, 5) is 32.9. The van der Waals surface area contributed by atoms with Gasteiger partial charge in [-0.2, -0.15) is 0 Å². The number of nitrogens with one attached hydrogen (secondary N) is 1. The predicted molar refractivity (Wildman–Crippen MR) is 130 cm³/mol. The van der Waals surface area contributed by atoms with Crippen LogP contribution < -0.4 is 5.32 Å². The van der Waals surface area contributed by atoms with Crippen LogP contribution >= 0.6 is 11.3 Å². The molecular formula is C26H33N3O3S. The van der Waals surface area contributed by atoms with Crippen LogP contribution in [0.5, 0.6) is 0 Å². The van der Waals surface area contributed by atoms with Crippen LogP contribution in [0.2, 0.25) is 0 Å². The molecule has 1 aliphatic carbocycles. The molecule has 5 rings (SSSR count). The maximum atomic E-state index is 13.7. The van der Waals surface area contributed by atoms with Gasteiger partial charge in [-0.25, -0.2) is 0 Å². The molecule has 2 aromatic rings. The van der Waals surface area contributed by atoms with Gasteiger partial charge in [-0.3, -0.25) is 14.5 Å². The van der Waals surface area contributed by atoms with Crippen LogP contribution in [0.15, 0.2) is 41.8 Å². The van der Waals surface area contributed by atoms with Gasteiger partial charge in [0.1, 0.15) is 0 Å². The number of hydrogen-bond donors (Lipinski definition) is 1. The van der Waals surface area contributed by atoms with Gasteiger partial charge in [0.2, 0.25) is 5.91 Å². The Bertz CT molecular complexity index is 951. The van der Waals surface area contributed by atoms with E-state index in [-0.39, 0.29) is 29.8 Å². The first-order chi connectivity index (χ1) is 16.2. The third-order valence-electron chi connectivity index (χ3n) is 7.27. The highest BCUT2D eigenvalue weighted by molar-refractivity contribution is 7.10. The molecule has 3 heterocycles. The van der Waals surface area contributed by atoms with E-state index in [1.165, 1.54) is 0 Å². The molecule has 0 spiro atoms. The second-order valence-electron chi connectivity index (χ2n) is 9.27. The lowest BCUT2D eigenvalue weighted by Crippen LogP contribution is -2.50. The Morgan fingerprint density at radius 2 is 1.88 bits per heavy atom. The molecule has 0 radical (unpaired) electrons. The fourth-order valence-corrected chi connectivity index (χ4v) is 6.49. The number of hydrogen-bond acceptors (Lipinski definition) is 5. The number of morpholine rings is 1. The number of fused-ring (bicyclic) bond motifs is 1. The lowest BCUT2D eigenvalue weighted by molar-refractivity contribution is -0.124. The highest BCUT2D eigenvalue weighted by Crippen LogP contribution is 2.47. The van der Waals surface area contributed by atoms with Gasteiger partial charge in [0, 0.05) is 36.1 Å². The summed E-state index contributed by atoms with van der Waals surface area (Å²) >= 11 is 1.64. The maximum Gasteiger partial charge on any atom is 0.254 e. The van der Waals surface area contributed by atoms with E-state index in [2.05, 4.69) is 21.2 Å². The standard InChI is InChI=1S/C26H33N3O3S/c30-25(27-12-6-13-28-14-16-32-17-15-28)23-20-9-3-4-10-21(20)26(31)29(19-7-1-2-8-19)24(23)22-11-5-18-33-22/h3-5,9-11,18-19,23-24H,1-2,6-8,12-17H2,(H,27,30)/t23-,24+/m1/s1. The zero-order valence-electron chi connectivity index (χ0n) is 19.1. The van der Waals surface area contributed by atoms with Crippen molar-refractivity contribution in [3.05, 3.63) is 57.8 Å². The molecule has 3 aliphatic rings. The van der Waals surface area contributed by atoms with Crippen LogP contribution in [0.1, 0.15) is 64.9 Å². The summed E-state index contributed by atoms with van der Waals surface area (Å²) in [5, 5.41) is 5.27. The average Bonchev–Trinajstić information content (AvgIpc) is 3.57. The molecule has 2 fully saturated rings. The van der Waals surface area contributed by atoms with Crippen molar-refractivity contribution in [3.63, 3.8) is 0 Å². The number of benzene rings is 1. The molecular weight excluding hydrogens is 434 g/mol. The van der Waals surface area contributed by atoms with Crippen LogP contribution in [0.25, 0.3) is 0 Å². The van der Waals surface area contributed by atoms with Gasteiger partial charge >= 0.3 is 0 Å². The highest BCUT2D eigenvalue weighted by Gasteiger charge is 2.47. The Kier molecular flexibility index (Phi) is 7.09. The SMILES string of the molecule is O=C(NCCCN1CCOCC1)[C@@H]1c2ccccc2C(=O)N(C2CCCC2)[C@H]1c1cccs1. The first-order valence-electron chi connectivity index (χ1n) is 12.3. The van der Waals surface area contributed by atoms with Crippen molar-refractivity contribution >= 4 is 23.2 Å². The largest absolute Gasteiger partial charge is 0.379 e. The number of ether oxygens (including phenoxy) is 1. The molecule has 33 heavy (non-hydrogen) atoms. The summed E-state index contributed by atoms with van der Waals surface area (Å²) in [5.41, 5.74) is 1.55. The quantitative estimate of drug-likeness (QED) is 0.629. The van der Waals surface area contributed by atoms with E-state index in [0.717, 1.165) is 75.4 Å². The Morgan fingerprint density at radius 1 is 1.09 bits per heavy atom. The third-order valence-corrected chi connectivity index (χ3v) is 8.21. The van der Waals surface area contributed by atoms with Crippen molar-refractivity contribution in [1.29, 1.82) is 0 Å². The first-order valence-corrected chi connectivity index (χ1v) is 13.1. The van der Waals surface area contributed by atoms with Crippen LogP contribution in [0.3, 0.4) is 0 Å². The lowest BCUT2D eigenvalue weighted by Gasteiger charge is -2.44. The number of carbonyl (C=O) groups excluding carboxylic acids is 2. The van der Waals surface area contributed by atoms with Gasteiger partial charge in [-0.1, -0.05) is 37.1 Å². The molecule has 2 atom stereocenters. The van der Waals surface area contributed by atoms with E-state index in [0.29, 0.717) is 12.1 Å². The fourth-order valence-electron chi connectivity index (χ4n) is 5.63. The van der Waals surface area contributed by atoms with Crippen LogP contribution in [-0.2, 0) is 9.53 Å². The molecule has 1 aromatic carbocycles. The second-order valence-corrected chi connectivity index (χ2v) is 10.3. The summed E-state index contributed by atoms with van der Waals surface area (Å²) in [6.07, 6.45) is 5.24. The minimum absolute atomic E-state index is 0.0262. The van der Waals surface area contributed by atoms with E-state index in [9.17, 15) is 9.59 Å². The van der Waals surface area contributed by atoms with Crippen molar-refractivity contribution in [3.8, 4) is 0 Å². The molecule has 176 valence electrons. The lowest BCUT2D eigenvalue weighted by atomic mass is 9.80. The number of thiophene rings is 1. The number of rotatable bonds is 7. The van der Waals surface area contributed by atoms with E-state index < -0.39 is 0 Å². The molecule has 1 saturated carbocycles. The minimum Gasteiger partial charge on any atom is -0.379 e. The van der Waals surface area contributed by atoms with Gasteiger partial charge < -0.3 is 15.0 Å². The number of carbonyl (C=O) groups is 2. The average molecular weight is 468 g/mol. The van der Waals surface area contributed by atoms with E-state index in [1.807, 2.05) is 35.7 Å². The zero-order chi connectivity index (χ0) is 22.6. The minimum atomic E-state index is -0.387. The molecule has 6 nitrogen and oxygen atoms in total. The molecule has 7 heteroatoms. The maximum absolute atomic E-state index is 13.7. The molecule has 2 aliphatic heterocycles. The molecule has 1 N–H and O–H groups in total. The van der Waals surface area contributed by atoms with E-state index in [1.54, 1.807) is 11.3 Å². The number of nitrogens with zero attached hydrogens (tertiary/aromatic N) is 2. The topological polar surface area (TPSA) is 61.9 Å². The summed E-state index contributed by atoms with van der Waals surface area (Å²) in [7, 11) is 0. The molecule has 1 aromatic heterocycles. The van der Waals surface area contributed by atoms with Crippen LogP contribution in [0.4, 0.5) is 0 Å². The zero-order valence-corrected chi connectivity index (χ0v) is 19.9. The van der Waals surface area contributed by atoms with Gasteiger partial charge in [-0.15, -0.1) is 11.3 Å². The summed E-state index contributed by atoms with van der Waals surface area (Å²) in [6, 6.07) is 11.8. The third kappa shape index (κ3) is 4.72. The van der Waals surface area contributed by atoms with E-state index >= 15 is 0 Å². The smallest absolute Gasteiger partial charge is 0.254 e. The molecule has 0 unspecified atom stereocenters. The Labute approximate surface area is 199 Å². The van der Waals surface area contributed by atoms with Crippen LogP contribution in [0, 0.1) is 0 Å². The van der Waals surface area contributed by atoms with Gasteiger partial charge in [-0.05, 0) is 48.9 Å². The van der Waals surface area contributed by atoms with Gasteiger partial charge in [0.15, 0.2) is 0 Å². The highest BCUT2D eigenvalue weighted by atomic mass is 32.1. The number of amides is 2. The molecule has 0 bridgehead atoms. The van der Waals surface area contributed by atoms with E-state index in [4.69, 9.17) is 4.74 Å². The summed E-state index contributed by atoms with van der Waals surface area (Å²) < 4.78 is 5.42. The van der Waals surface area contributed by atoms with Crippen molar-refractivity contribution in [2.24, 2.45) is 0 Å². The molecule has 2 amide bonds. The summed E-state index contributed by atoms with van der Waals surface area (Å²) in [5.74, 6) is -0.285. The normalized spacial score (nSPS) is 24.1. The Hall–Kier alpha value is -2.22. The monoisotopic (exact) mass is 467 g/mol. The van der Waals surface area contributed by atoms with Gasteiger partial charge in [0.25, 0.3) is 5.91 Å². The van der Waals surface area contributed by atoms with Crippen LogP contribution in [-0.4, -0.2) is 67.0 Å². The van der Waals surface area contributed by atoms with Crippen molar-refractivity contribution in [1.82, 2.24) is 15.1 Å². The van der Waals surface area contributed by atoms with Crippen molar-refractivity contribution in [2.75, 3.05) is 39.4 Å². The predicted octanol–water partition coefficient (Wildman–Crippen LogP) is 3.81. The summed E-state index contributed by atoms with van der Waals surface area (Å²) in [6.45, 7) is 5.11. The fraction of sp³-hybridized carbons (Fsp3) is 0.538. The molecule has 1 saturated heterocycles. The van der Waals surface area contributed by atoms with Crippen molar-refractivity contribution in [2.45, 2.75) is 50.1 Å². The Balaban J connectivity index is 1.39. The second kappa shape index (κ2) is 10.4. The first kappa shape index (κ1) is 22.6. The Morgan fingerprint density at radius 3 is 2.64 bits per heavy atom. The van der Waals surface area contributed by atoms with Crippen molar-refractivity contribution < 1.29 is 14.3 Å².